The van der Waals surface area contributed by atoms with Crippen LogP contribution in [0.1, 0.15) is 30.1 Å². The Morgan fingerprint density at radius 1 is 1.18 bits per heavy atom. The zero-order chi connectivity index (χ0) is 19.3. The molecule has 0 amide bonds. The second kappa shape index (κ2) is 9.94. The molecule has 0 saturated heterocycles. The number of ether oxygens (including phenoxy) is 1. The molecular weight excluding hydrogens is 488 g/mol. The van der Waals surface area contributed by atoms with Crippen molar-refractivity contribution in [1.29, 1.82) is 0 Å². The van der Waals surface area contributed by atoms with Gasteiger partial charge in [0.15, 0.2) is 11.8 Å². The van der Waals surface area contributed by atoms with Crippen molar-refractivity contribution in [3.8, 4) is 5.75 Å². The van der Waals surface area contributed by atoms with Crippen molar-refractivity contribution >= 4 is 29.9 Å². The molecule has 1 aromatic carbocycles. The molecule has 2 N–H and O–H groups in total. The molecule has 154 valence electrons. The third kappa shape index (κ3) is 5.97. The van der Waals surface area contributed by atoms with Gasteiger partial charge in [0.1, 0.15) is 11.6 Å². The minimum Gasteiger partial charge on any atom is -0.405 e. The Kier molecular flexibility index (Phi) is 7.89. The highest BCUT2D eigenvalue weighted by Crippen LogP contribution is 2.26. The summed E-state index contributed by atoms with van der Waals surface area (Å²) >= 11 is 0. The van der Waals surface area contributed by atoms with Crippen LogP contribution in [0.3, 0.4) is 0 Å². The van der Waals surface area contributed by atoms with Crippen molar-refractivity contribution in [3.05, 3.63) is 41.5 Å². The number of aliphatic imine (C=N–C) groups is 1. The molecule has 11 heteroatoms. The maximum atomic E-state index is 12.5. The standard InChI is InChI=1S/C17H21F3N6O.HI/c1-21-16(23-11-15-25-24-14-8-4-5-9-26(14)15)22-10-12-6-2-3-7-13(12)27-17(18,19)20;/h2-3,6-7H,4-5,8-11H2,1H3,(H2,21,22,23);1H. The first-order chi connectivity index (χ1) is 13.0. The Morgan fingerprint density at radius 2 is 1.93 bits per heavy atom. The monoisotopic (exact) mass is 510 g/mol. The number of hydrogen-bond donors (Lipinski definition) is 2. The van der Waals surface area contributed by atoms with Crippen LogP contribution in [0.25, 0.3) is 0 Å². The van der Waals surface area contributed by atoms with Crippen LogP contribution in [0, 0.1) is 0 Å². The fourth-order valence-corrected chi connectivity index (χ4v) is 2.94. The summed E-state index contributed by atoms with van der Waals surface area (Å²) in [4.78, 5) is 4.09. The van der Waals surface area contributed by atoms with Crippen molar-refractivity contribution in [1.82, 2.24) is 25.4 Å². The average molecular weight is 510 g/mol. The molecule has 7 nitrogen and oxygen atoms in total. The number of aromatic nitrogens is 3. The van der Waals surface area contributed by atoms with E-state index in [1.54, 1.807) is 19.2 Å². The summed E-state index contributed by atoms with van der Waals surface area (Å²) in [5, 5.41) is 14.5. The molecule has 2 aromatic rings. The fourth-order valence-electron chi connectivity index (χ4n) is 2.94. The van der Waals surface area contributed by atoms with Gasteiger partial charge in [0.25, 0.3) is 0 Å². The summed E-state index contributed by atoms with van der Waals surface area (Å²) in [6.45, 7) is 1.45. The lowest BCUT2D eigenvalue weighted by molar-refractivity contribution is -0.274. The molecule has 3 rings (SSSR count). The molecule has 1 aliphatic heterocycles. The first-order valence-corrected chi connectivity index (χ1v) is 8.65. The first-order valence-electron chi connectivity index (χ1n) is 8.65. The Labute approximate surface area is 177 Å². The lowest BCUT2D eigenvalue weighted by atomic mass is 10.2. The van der Waals surface area contributed by atoms with Gasteiger partial charge in [-0.15, -0.1) is 47.3 Å². The minimum atomic E-state index is -4.73. The smallest absolute Gasteiger partial charge is 0.405 e. The number of alkyl halides is 3. The van der Waals surface area contributed by atoms with E-state index in [0.29, 0.717) is 18.1 Å². The maximum absolute atomic E-state index is 12.5. The molecule has 0 bridgehead atoms. The van der Waals surface area contributed by atoms with Gasteiger partial charge in [-0.3, -0.25) is 4.99 Å². The molecule has 0 saturated carbocycles. The minimum absolute atomic E-state index is 0. The first kappa shape index (κ1) is 22.2. The van der Waals surface area contributed by atoms with Crippen LogP contribution >= 0.6 is 24.0 Å². The number of nitrogens with zero attached hydrogens (tertiary/aromatic N) is 4. The van der Waals surface area contributed by atoms with E-state index in [1.165, 1.54) is 12.1 Å². The zero-order valence-electron chi connectivity index (χ0n) is 15.3. The lowest BCUT2D eigenvalue weighted by Gasteiger charge is -2.17. The predicted octanol–water partition coefficient (Wildman–Crippen LogP) is 3.00. The lowest BCUT2D eigenvalue weighted by Crippen LogP contribution is -2.37. The molecular formula is C17H22F3IN6O. The van der Waals surface area contributed by atoms with Gasteiger partial charge < -0.3 is 19.9 Å². The Balaban J connectivity index is 0.00000280. The van der Waals surface area contributed by atoms with Crippen molar-refractivity contribution in [2.24, 2.45) is 4.99 Å². The van der Waals surface area contributed by atoms with Gasteiger partial charge in [0, 0.05) is 32.1 Å². The Bertz CT molecular complexity index is 808. The fraction of sp³-hybridized carbons (Fsp3) is 0.471. The number of hydrogen-bond acceptors (Lipinski definition) is 4. The molecule has 0 radical (unpaired) electrons. The number of aryl methyl sites for hydroxylation is 1. The number of fused-ring (bicyclic) bond motifs is 1. The van der Waals surface area contributed by atoms with E-state index in [1.807, 2.05) is 0 Å². The van der Waals surface area contributed by atoms with Crippen LogP contribution < -0.4 is 15.4 Å². The van der Waals surface area contributed by atoms with Gasteiger partial charge in [-0.1, -0.05) is 18.2 Å². The molecule has 2 heterocycles. The summed E-state index contributed by atoms with van der Waals surface area (Å²) < 4.78 is 43.7. The molecule has 28 heavy (non-hydrogen) atoms. The van der Waals surface area contributed by atoms with E-state index in [-0.39, 0.29) is 36.3 Å². The van der Waals surface area contributed by atoms with Crippen LogP contribution in [0.4, 0.5) is 13.2 Å². The second-order valence-corrected chi connectivity index (χ2v) is 6.08. The maximum Gasteiger partial charge on any atom is 0.573 e. The molecule has 0 fully saturated rings. The summed E-state index contributed by atoms with van der Waals surface area (Å²) in [6.07, 6.45) is -1.59. The van der Waals surface area contributed by atoms with Gasteiger partial charge in [0.05, 0.1) is 6.54 Å². The van der Waals surface area contributed by atoms with E-state index < -0.39 is 6.36 Å². The van der Waals surface area contributed by atoms with E-state index >= 15 is 0 Å². The normalized spacial score (nSPS) is 14.1. The van der Waals surface area contributed by atoms with Gasteiger partial charge in [-0.05, 0) is 18.9 Å². The van der Waals surface area contributed by atoms with Crippen molar-refractivity contribution in [2.45, 2.75) is 45.3 Å². The zero-order valence-corrected chi connectivity index (χ0v) is 17.6. The van der Waals surface area contributed by atoms with Crippen molar-refractivity contribution < 1.29 is 17.9 Å². The topological polar surface area (TPSA) is 76.4 Å². The molecule has 0 atom stereocenters. The van der Waals surface area contributed by atoms with Crippen LogP contribution in [0.5, 0.6) is 5.75 Å². The number of nitrogens with one attached hydrogen (secondary N) is 2. The van der Waals surface area contributed by atoms with E-state index in [9.17, 15) is 13.2 Å². The number of para-hydroxylation sites is 1. The third-order valence-electron chi connectivity index (χ3n) is 4.22. The van der Waals surface area contributed by atoms with Gasteiger partial charge in [-0.25, -0.2) is 0 Å². The number of benzene rings is 1. The molecule has 1 aromatic heterocycles. The Hall–Kier alpha value is -2.05. The van der Waals surface area contributed by atoms with Gasteiger partial charge >= 0.3 is 6.36 Å². The SMILES string of the molecule is CN=C(NCc1ccccc1OC(F)(F)F)NCc1nnc2n1CCCC2.I. The highest BCUT2D eigenvalue weighted by Gasteiger charge is 2.31. The Morgan fingerprint density at radius 3 is 2.68 bits per heavy atom. The third-order valence-corrected chi connectivity index (χ3v) is 4.22. The van der Waals surface area contributed by atoms with Gasteiger partial charge in [0.2, 0.25) is 0 Å². The number of halogens is 4. The quantitative estimate of drug-likeness (QED) is 0.368. The molecule has 1 aliphatic rings. The van der Waals surface area contributed by atoms with E-state index in [0.717, 1.165) is 37.5 Å². The summed E-state index contributed by atoms with van der Waals surface area (Å²) in [7, 11) is 1.59. The van der Waals surface area contributed by atoms with Crippen LogP contribution in [0.2, 0.25) is 0 Å². The van der Waals surface area contributed by atoms with Crippen LogP contribution in [0.15, 0.2) is 29.3 Å². The largest absolute Gasteiger partial charge is 0.573 e. The van der Waals surface area contributed by atoms with Crippen LogP contribution in [-0.4, -0.2) is 34.1 Å². The van der Waals surface area contributed by atoms with Crippen LogP contribution in [-0.2, 0) is 26.1 Å². The van der Waals surface area contributed by atoms with Gasteiger partial charge in [-0.2, -0.15) is 0 Å². The average Bonchev–Trinajstić information content (AvgIpc) is 3.05. The molecule has 0 spiro atoms. The number of rotatable bonds is 5. The second-order valence-electron chi connectivity index (χ2n) is 6.08. The highest BCUT2D eigenvalue weighted by atomic mass is 127. The molecule has 0 unspecified atom stereocenters. The highest BCUT2D eigenvalue weighted by molar-refractivity contribution is 14.0. The van der Waals surface area contributed by atoms with E-state index in [4.69, 9.17) is 0 Å². The van der Waals surface area contributed by atoms with E-state index in [2.05, 4.69) is 35.1 Å². The summed E-state index contributed by atoms with van der Waals surface area (Å²) in [6, 6.07) is 5.99. The van der Waals surface area contributed by atoms with Crippen molar-refractivity contribution in [3.63, 3.8) is 0 Å². The summed E-state index contributed by atoms with van der Waals surface area (Å²) in [5.74, 6) is 2.01. The number of guanidine groups is 1. The summed E-state index contributed by atoms with van der Waals surface area (Å²) in [5.41, 5.74) is 0.373. The molecule has 0 aliphatic carbocycles. The van der Waals surface area contributed by atoms with Crippen molar-refractivity contribution in [2.75, 3.05) is 7.05 Å². The predicted molar refractivity (Wildman–Crippen MR) is 109 cm³/mol.